The van der Waals surface area contributed by atoms with Crippen LogP contribution in [0.5, 0.6) is 0 Å². The summed E-state index contributed by atoms with van der Waals surface area (Å²) in [5.41, 5.74) is 12.6. The van der Waals surface area contributed by atoms with Gasteiger partial charge in [-0.15, -0.1) is 0 Å². The van der Waals surface area contributed by atoms with Gasteiger partial charge in [0.2, 0.25) is 0 Å². The van der Waals surface area contributed by atoms with Gasteiger partial charge in [-0.05, 0) is 71.9 Å². The molecule has 5 nitrogen and oxygen atoms in total. The molecular weight excluding hydrogens is 673 g/mol. The lowest BCUT2D eigenvalue weighted by Crippen LogP contribution is -2.16. The molecule has 0 saturated carbocycles. The quantitative estimate of drug-likeness (QED) is 0.0732. The first-order valence-corrected chi connectivity index (χ1v) is 20.7. The standard InChI is InChI=1S/C50H58N4O/c1-5-9-11-13-15-39-21-29-43(30-22-39)49(47-35-51-45(33-53-47)41-25-17-37(7-3)18-26-41)55-50(44-31-23-40(24-32-44)16-14-12-10-6-2)48-36-52-46(34-54-48)42-27-19-38(8-4)20-28-42/h17-36,49-50H,5-16H2,1-4H3. The molecule has 0 saturated heterocycles. The number of aryl methyl sites for hydroxylation is 4. The topological polar surface area (TPSA) is 60.8 Å². The molecule has 2 aromatic heterocycles. The van der Waals surface area contributed by atoms with Crippen LogP contribution in [0.1, 0.15) is 136 Å². The summed E-state index contributed by atoms with van der Waals surface area (Å²) in [6, 6.07) is 34.9. The van der Waals surface area contributed by atoms with Gasteiger partial charge in [-0.2, -0.15) is 0 Å². The third-order valence-corrected chi connectivity index (χ3v) is 10.7. The number of ether oxygens (including phenoxy) is 1. The van der Waals surface area contributed by atoms with Crippen LogP contribution >= 0.6 is 0 Å². The van der Waals surface area contributed by atoms with Crippen molar-refractivity contribution >= 4 is 0 Å². The van der Waals surface area contributed by atoms with E-state index in [0.29, 0.717) is 0 Å². The second kappa shape index (κ2) is 20.6. The third kappa shape index (κ3) is 11.0. The fourth-order valence-corrected chi connectivity index (χ4v) is 7.07. The molecule has 0 amide bonds. The molecule has 2 heterocycles. The largest absolute Gasteiger partial charge is 0.353 e. The van der Waals surface area contributed by atoms with E-state index in [1.807, 2.05) is 24.8 Å². The van der Waals surface area contributed by atoms with Crippen LogP contribution in [0.3, 0.4) is 0 Å². The van der Waals surface area contributed by atoms with Gasteiger partial charge in [0.05, 0.1) is 47.6 Å². The van der Waals surface area contributed by atoms with Crippen molar-refractivity contribution in [2.24, 2.45) is 0 Å². The Morgan fingerprint density at radius 3 is 1.11 bits per heavy atom. The normalized spacial score (nSPS) is 12.4. The average Bonchev–Trinajstić information content (AvgIpc) is 3.25. The summed E-state index contributed by atoms with van der Waals surface area (Å²) in [4.78, 5) is 19.9. The number of hydrogen-bond acceptors (Lipinski definition) is 5. The first-order chi connectivity index (χ1) is 27.1. The summed E-state index contributed by atoms with van der Waals surface area (Å²) in [6.45, 7) is 8.86. The molecule has 0 aliphatic rings. The zero-order valence-electron chi connectivity index (χ0n) is 33.4. The van der Waals surface area contributed by atoms with Crippen molar-refractivity contribution in [3.63, 3.8) is 0 Å². The highest BCUT2D eigenvalue weighted by atomic mass is 16.5. The SMILES string of the molecule is CCCCCCc1ccc(C(OC(c2ccc(CCCCCC)cc2)c2cnc(-c3ccc(CC)cc3)cn2)c2cnc(-c3ccc(CC)cc3)cn2)cc1. The van der Waals surface area contributed by atoms with Gasteiger partial charge in [-0.1, -0.05) is 163 Å². The van der Waals surface area contributed by atoms with Gasteiger partial charge in [0.25, 0.3) is 0 Å². The Kier molecular flexibility index (Phi) is 14.9. The lowest BCUT2D eigenvalue weighted by Gasteiger charge is -2.25. The lowest BCUT2D eigenvalue weighted by molar-refractivity contribution is 0.0258. The fourth-order valence-electron chi connectivity index (χ4n) is 7.07. The second-order valence-corrected chi connectivity index (χ2v) is 14.8. The molecule has 0 aliphatic heterocycles. The molecule has 0 fully saturated rings. The maximum atomic E-state index is 7.25. The third-order valence-electron chi connectivity index (χ3n) is 10.7. The molecule has 5 heteroatoms. The summed E-state index contributed by atoms with van der Waals surface area (Å²) in [7, 11) is 0. The van der Waals surface area contributed by atoms with Gasteiger partial charge in [0, 0.05) is 11.1 Å². The molecule has 2 atom stereocenters. The number of unbranched alkanes of at least 4 members (excludes halogenated alkanes) is 6. The first kappa shape index (κ1) is 39.7. The summed E-state index contributed by atoms with van der Waals surface area (Å²) in [5, 5.41) is 0. The van der Waals surface area contributed by atoms with E-state index in [1.165, 1.54) is 73.6 Å². The van der Waals surface area contributed by atoms with Gasteiger partial charge >= 0.3 is 0 Å². The lowest BCUT2D eigenvalue weighted by atomic mass is 9.99. The van der Waals surface area contributed by atoms with Crippen molar-refractivity contribution in [1.29, 1.82) is 0 Å². The number of aromatic nitrogens is 4. The Hall–Kier alpha value is -5.00. The summed E-state index contributed by atoms with van der Waals surface area (Å²) < 4.78 is 7.25. The summed E-state index contributed by atoms with van der Waals surface area (Å²) in [5.74, 6) is 0. The predicted octanol–water partition coefficient (Wildman–Crippen LogP) is 12.9. The molecule has 0 aliphatic carbocycles. The van der Waals surface area contributed by atoms with E-state index in [-0.39, 0.29) is 0 Å². The van der Waals surface area contributed by atoms with E-state index in [0.717, 1.165) is 70.7 Å². The van der Waals surface area contributed by atoms with E-state index in [2.05, 4.69) is 125 Å². The van der Waals surface area contributed by atoms with Gasteiger partial charge in [0.1, 0.15) is 12.2 Å². The molecule has 2 unspecified atom stereocenters. The maximum Gasteiger partial charge on any atom is 0.127 e. The second-order valence-electron chi connectivity index (χ2n) is 14.8. The Balaban J connectivity index is 1.34. The molecule has 4 aromatic carbocycles. The molecular formula is C50H58N4O. The van der Waals surface area contributed by atoms with E-state index >= 15 is 0 Å². The Morgan fingerprint density at radius 2 is 0.782 bits per heavy atom. The Morgan fingerprint density at radius 1 is 0.400 bits per heavy atom. The highest BCUT2D eigenvalue weighted by Crippen LogP contribution is 2.36. The van der Waals surface area contributed by atoms with Crippen LogP contribution in [-0.2, 0) is 30.4 Å². The fraction of sp³-hybridized carbons (Fsp3) is 0.360. The molecule has 0 bridgehead atoms. The van der Waals surface area contributed by atoms with Crippen molar-refractivity contribution in [2.75, 3.05) is 0 Å². The molecule has 0 radical (unpaired) electrons. The van der Waals surface area contributed by atoms with E-state index in [4.69, 9.17) is 24.7 Å². The minimum absolute atomic E-state index is 0.486. The maximum absolute atomic E-state index is 7.25. The zero-order valence-corrected chi connectivity index (χ0v) is 33.4. The molecule has 0 spiro atoms. The minimum atomic E-state index is -0.486. The van der Waals surface area contributed by atoms with Crippen LogP contribution in [-0.4, -0.2) is 19.9 Å². The smallest absolute Gasteiger partial charge is 0.127 e. The van der Waals surface area contributed by atoms with Crippen molar-refractivity contribution < 1.29 is 4.74 Å². The number of nitrogens with zero attached hydrogens (tertiary/aromatic N) is 4. The van der Waals surface area contributed by atoms with Crippen LogP contribution in [0.2, 0.25) is 0 Å². The number of rotatable bonds is 20. The molecule has 6 aromatic rings. The highest BCUT2D eigenvalue weighted by Gasteiger charge is 2.26. The van der Waals surface area contributed by atoms with Crippen LogP contribution in [0.15, 0.2) is 122 Å². The monoisotopic (exact) mass is 730 g/mol. The number of benzene rings is 4. The van der Waals surface area contributed by atoms with Crippen LogP contribution < -0.4 is 0 Å². The van der Waals surface area contributed by atoms with Crippen molar-refractivity contribution in [3.8, 4) is 22.5 Å². The predicted molar refractivity (Wildman–Crippen MR) is 227 cm³/mol. The zero-order chi connectivity index (χ0) is 38.2. The Labute approximate surface area is 329 Å². The Bertz CT molecular complexity index is 1840. The van der Waals surface area contributed by atoms with Gasteiger partial charge < -0.3 is 4.74 Å². The average molecular weight is 731 g/mol. The van der Waals surface area contributed by atoms with Gasteiger partial charge in [0.15, 0.2) is 0 Å². The minimum Gasteiger partial charge on any atom is -0.353 e. The molecule has 0 N–H and O–H groups in total. The molecule has 6 rings (SSSR count). The highest BCUT2D eigenvalue weighted by molar-refractivity contribution is 5.59. The van der Waals surface area contributed by atoms with E-state index < -0.39 is 12.2 Å². The van der Waals surface area contributed by atoms with Gasteiger partial charge in [-0.3, -0.25) is 19.9 Å². The molecule has 55 heavy (non-hydrogen) atoms. The van der Waals surface area contributed by atoms with Crippen LogP contribution in [0.25, 0.3) is 22.5 Å². The molecule has 284 valence electrons. The van der Waals surface area contributed by atoms with Crippen molar-refractivity contribution in [1.82, 2.24) is 19.9 Å². The van der Waals surface area contributed by atoms with Gasteiger partial charge in [-0.25, -0.2) is 0 Å². The summed E-state index contributed by atoms with van der Waals surface area (Å²) in [6.07, 6.45) is 20.6. The van der Waals surface area contributed by atoms with Crippen LogP contribution in [0, 0.1) is 0 Å². The van der Waals surface area contributed by atoms with E-state index in [1.54, 1.807) is 0 Å². The first-order valence-electron chi connectivity index (χ1n) is 20.7. The summed E-state index contributed by atoms with van der Waals surface area (Å²) >= 11 is 0. The van der Waals surface area contributed by atoms with Crippen molar-refractivity contribution in [3.05, 3.63) is 167 Å². The van der Waals surface area contributed by atoms with E-state index in [9.17, 15) is 0 Å². The van der Waals surface area contributed by atoms with Crippen molar-refractivity contribution in [2.45, 2.75) is 117 Å². The number of hydrogen-bond donors (Lipinski definition) is 0. The van der Waals surface area contributed by atoms with Crippen LogP contribution in [0.4, 0.5) is 0 Å².